The van der Waals surface area contributed by atoms with Gasteiger partial charge in [-0.05, 0) is 23.8 Å². The normalized spacial score (nSPS) is 17.8. The van der Waals surface area contributed by atoms with E-state index in [1.807, 2.05) is 6.07 Å². The average Bonchev–Trinajstić information content (AvgIpc) is 2.23. The van der Waals surface area contributed by atoms with E-state index in [1.165, 1.54) is 11.0 Å². The predicted octanol–water partition coefficient (Wildman–Crippen LogP) is 2.64. The Bertz CT molecular complexity index is 440. The van der Waals surface area contributed by atoms with Crippen LogP contribution in [0, 0.1) is 0 Å². The van der Waals surface area contributed by atoms with Crippen LogP contribution in [0.2, 0.25) is 0 Å². The number of alkyl halides is 1. The van der Waals surface area contributed by atoms with Gasteiger partial charge < -0.3 is 4.90 Å². The molecule has 0 spiro atoms. The number of carbonyl (C=O) groups is 1. The van der Waals surface area contributed by atoms with Crippen molar-refractivity contribution in [3.8, 4) is 0 Å². The van der Waals surface area contributed by atoms with Crippen LogP contribution < -0.4 is 0 Å². The van der Waals surface area contributed by atoms with Gasteiger partial charge in [-0.1, -0.05) is 34.6 Å². The summed E-state index contributed by atoms with van der Waals surface area (Å²) in [5, 5.41) is 0. The van der Waals surface area contributed by atoms with E-state index in [1.54, 1.807) is 18.2 Å². The second-order valence-corrected chi connectivity index (χ2v) is 4.79. The summed E-state index contributed by atoms with van der Waals surface area (Å²) in [5.74, 6) is -0.219. The van der Waals surface area contributed by atoms with E-state index in [9.17, 15) is 9.18 Å². The van der Waals surface area contributed by atoms with Crippen molar-refractivity contribution in [2.45, 2.75) is 5.67 Å². The van der Waals surface area contributed by atoms with Gasteiger partial charge in [0.15, 0.2) is 5.67 Å². The molecule has 0 saturated carbocycles. The topological polar surface area (TPSA) is 20.3 Å². The van der Waals surface area contributed by atoms with E-state index in [0.29, 0.717) is 5.56 Å². The van der Waals surface area contributed by atoms with E-state index >= 15 is 0 Å². The number of nitrogens with zero attached hydrogens (tertiary/aromatic N) is 1. The van der Waals surface area contributed by atoms with Gasteiger partial charge in [0, 0.05) is 4.47 Å². The SMILES string of the molecule is C=CC(=O)N1CC(F)(c2cccc(Br)c2)C1. The summed E-state index contributed by atoms with van der Waals surface area (Å²) in [7, 11) is 0. The van der Waals surface area contributed by atoms with Crippen LogP contribution in [0.15, 0.2) is 41.4 Å². The van der Waals surface area contributed by atoms with Crippen molar-refractivity contribution in [2.24, 2.45) is 0 Å². The molecule has 1 amide bonds. The average molecular weight is 284 g/mol. The molecule has 0 bridgehead atoms. The number of carbonyl (C=O) groups excluding carboxylic acids is 1. The minimum atomic E-state index is -1.41. The molecule has 0 N–H and O–H groups in total. The fourth-order valence-electron chi connectivity index (χ4n) is 1.79. The van der Waals surface area contributed by atoms with Crippen LogP contribution in [0.1, 0.15) is 5.56 Å². The molecule has 1 aromatic carbocycles. The number of hydrogen-bond donors (Lipinski definition) is 0. The summed E-state index contributed by atoms with van der Waals surface area (Å²) >= 11 is 3.30. The maximum Gasteiger partial charge on any atom is 0.246 e. The largest absolute Gasteiger partial charge is 0.332 e. The molecular weight excluding hydrogens is 273 g/mol. The standard InChI is InChI=1S/C12H11BrFNO/c1-2-11(16)15-7-12(14,8-15)9-4-3-5-10(13)6-9/h2-6H,1,7-8H2. The van der Waals surface area contributed by atoms with Crippen LogP contribution in [-0.4, -0.2) is 23.9 Å². The second kappa shape index (κ2) is 4.01. The zero-order valence-electron chi connectivity index (χ0n) is 8.62. The van der Waals surface area contributed by atoms with E-state index < -0.39 is 5.67 Å². The number of benzene rings is 1. The Labute approximate surface area is 102 Å². The highest BCUT2D eigenvalue weighted by Gasteiger charge is 2.46. The fourth-order valence-corrected chi connectivity index (χ4v) is 2.19. The highest BCUT2D eigenvalue weighted by atomic mass is 79.9. The van der Waals surface area contributed by atoms with Crippen molar-refractivity contribution < 1.29 is 9.18 Å². The summed E-state index contributed by atoms with van der Waals surface area (Å²) in [6, 6.07) is 7.12. The van der Waals surface area contributed by atoms with E-state index in [4.69, 9.17) is 0 Å². The molecule has 1 saturated heterocycles. The molecule has 1 aliphatic rings. The third-order valence-electron chi connectivity index (χ3n) is 2.71. The molecule has 1 heterocycles. The lowest BCUT2D eigenvalue weighted by molar-refractivity contribution is -0.140. The maximum absolute atomic E-state index is 14.3. The van der Waals surface area contributed by atoms with Crippen molar-refractivity contribution in [2.75, 3.05) is 13.1 Å². The molecule has 84 valence electrons. The minimum Gasteiger partial charge on any atom is -0.332 e. The van der Waals surface area contributed by atoms with Crippen LogP contribution >= 0.6 is 15.9 Å². The third-order valence-corrected chi connectivity index (χ3v) is 3.20. The van der Waals surface area contributed by atoms with Crippen molar-refractivity contribution in [1.29, 1.82) is 0 Å². The van der Waals surface area contributed by atoms with Crippen LogP contribution in [0.5, 0.6) is 0 Å². The number of hydrogen-bond acceptors (Lipinski definition) is 1. The summed E-state index contributed by atoms with van der Waals surface area (Å²) in [6.45, 7) is 3.59. The number of amides is 1. The molecule has 0 atom stereocenters. The molecule has 1 fully saturated rings. The molecule has 4 heteroatoms. The van der Waals surface area contributed by atoms with Gasteiger partial charge in [-0.2, -0.15) is 0 Å². The Hall–Kier alpha value is -1.16. The third kappa shape index (κ3) is 1.89. The first-order valence-corrected chi connectivity index (χ1v) is 5.71. The van der Waals surface area contributed by atoms with Crippen molar-refractivity contribution in [3.05, 3.63) is 47.0 Å². The summed E-state index contributed by atoms with van der Waals surface area (Å²) < 4.78 is 15.2. The molecule has 0 aromatic heterocycles. The molecule has 16 heavy (non-hydrogen) atoms. The van der Waals surface area contributed by atoms with Gasteiger partial charge in [0.25, 0.3) is 0 Å². The highest BCUT2D eigenvalue weighted by Crippen LogP contribution is 2.37. The first kappa shape index (κ1) is 11.3. The lowest BCUT2D eigenvalue weighted by Crippen LogP contribution is -2.58. The molecule has 2 nitrogen and oxygen atoms in total. The Balaban J connectivity index is 2.13. The lowest BCUT2D eigenvalue weighted by Gasteiger charge is -2.44. The minimum absolute atomic E-state index is 0.105. The van der Waals surface area contributed by atoms with Gasteiger partial charge >= 0.3 is 0 Å². The molecule has 1 aliphatic heterocycles. The maximum atomic E-state index is 14.3. The highest BCUT2D eigenvalue weighted by molar-refractivity contribution is 9.10. The van der Waals surface area contributed by atoms with Crippen LogP contribution in [0.3, 0.4) is 0 Å². The molecule has 1 aromatic rings. The summed E-state index contributed by atoms with van der Waals surface area (Å²) in [4.78, 5) is 12.7. The predicted molar refractivity (Wildman–Crippen MR) is 63.7 cm³/mol. The fraction of sp³-hybridized carbons (Fsp3) is 0.250. The quantitative estimate of drug-likeness (QED) is 0.764. The monoisotopic (exact) mass is 283 g/mol. The van der Waals surface area contributed by atoms with Crippen molar-refractivity contribution in [3.63, 3.8) is 0 Å². The van der Waals surface area contributed by atoms with Gasteiger partial charge in [0.1, 0.15) is 0 Å². The smallest absolute Gasteiger partial charge is 0.246 e. The lowest BCUT2D eigenvalue weighted by atomic mass is 9.88. The first-order valence-electron chi connectivity index (χ1n) is 4.91. The molecule has 0 unspecified atom stereocenters. The van der Waals surface area contributed by atoms with Gasteiger partial charge in [0.05, 0.1) is 13.1 Å². The van der Waals surface area contributed by atoms with Crippen LogP contribution in [-0.2, 0) is 10.5 Å². The second-order valence-electron chi connectivity index (χ2n) is 3.87. The van der Waals surface area contributed by atoms with E-state index in [0.717, 1.165) is 4.47 Å². The first-order chi connectivity index (χ1) is 7.55. The Morgan fingerprint density at radius 3 is 2.81 bits per heavy atom. The molecule has 0 aliphatic carbocycles. The number of halogens is 2. The van der Waals surface area contributed by atoms with Crippen LogP contribution in [0.4, 0.5) is 4.39 Å². The van der Waals surface area contributed by atoms with Gasteiger partial charge in [-0.25, -0.2) is 4.39 Å². The summed E-state index contributed by atoms with van der Waals surface area (Å²) in [5.41, 5.74) is -0.808. The van der Waals surface area contributed by atoms with E-state index in [2.05, 4.69) is 22.5 Å². The molecule has 0 radical (unpaired) electrons. The van der Waals surface area contributed by atoms with Crippen LogP contribution in [0.25, 0.3) is 0 Å². The number of likely N-dealkylation sites (tertiary alicyclic amines) is 1. The molecular formula is C12H11BrFNO. The zero-order chi connectivity index (χ0) is 11.8. The van der Waals surface area contributed by atoms with Gasteiger partial charge in [0.2, 0.25) is 5.91 Å². The Kier molecular flexibility index (Phi) is 2.84. The Morgan fingerprint density at radius 2 is 2.25 bits per heavy atom. The van der Waals surface area contributed by atoms with Crippen molar-refractivity contribution in [1.82, 2.24) is 4.90 Å². The number of rotatable bonds is 2. The van der Waals surface area contributed by atoms with Gasteiger partial charge in [-0.15, -0.1) is 0 Å². The van der Waals surface area contributed by atoms with Crippen molar-refractivity contribution >= 4 is 21.8 Å². The van der Waals surface area contributed by atoms with Gasteiger partial charge in [-0.3, -0.25) is 4.79 Å². The van der Waals surface area contributed by atoms with E-state index in [-0.39, 0.29) is 19.0 Å². The zero-order valence-corrected chi connectivity index (χ0v) is 10.2. The summed E-state index contributed by atoms with van der Waals surface area (Å²) in [6.07, 6.45) is 1.21. The Morgan fingerprint density at radius 1 is 1.56 bits per heavy atom. The molecule has 2 rings (SSSR count).